The van der Waals surface area contributed by atoms with Crippen LogP contribution in [0.15, 0.2) is 35.3 Å². The van der Waals surface area contributed by atoms with Gasteiger partial charge in [0, 0.05) is 62.2 Å². The van der Waals surface area contributed by atoms with E-state index in [1.165, 1.54) is 11.1 Å². The van der Waals surface area contributed by atoms with E-state index < -0.39 is 0 Å². The quantitative estimate of drug-likeness (QED) is 0.312. The minimum atomic E-state index is -0.105. The minimum absolute atomic E-state index is 0.00737. The van der Waals surface area contributed by atoms with E-state index in [4.69, 9.17) is 9.47 Å². The smallest absolute Gasteiger partial charge is 0.253 e. The molecule has 0 amide bonds. The van der Waals surface area contributed by atoms with Gasteiger partial charge in [0.05, 0.1) is 19.8 Å². The summed E-state index contributed by atoms with van der Waals surface area (Å²) in [6, 6.07) is 7.88. The Labute approximate surface area is 250 Å². The number of hydrogen-bond acceptors (Lipinski definition) is 6. The fourth-order valence-electron chi connectivity index (χ4n) is 6.07. The minimum Gasteiger partial charge on any atom is -0.496 e. The number of fused-ring (bicyclic) bond motifs is 1. The second kappa shape index (κ2) is 13.8. The van der Waals surface area contributed by atoms with Gasteiger partial charge in [0.2, 0.25) is 0 Å². The number of rotatable bonds is 12. The summed E-state index contributed by atoms with van der Waals surface area (Å²) in [5.41, 5.74) is 7.83. The average molecular weight is 579 g/mol. The molecule has 2 aromatic carbocycles. The van der Waals surface area contributed by atoms with Crippen LogP contribution in [0.3, 0.4) is 0 Å². The van der Waals surface area contributed by atoms with E-state index in [2.05, 4.69) is 35.9 Å². The Hall–Kier alpha value is -3.20. The summed E-state index contributed by atoms with van der Waals surface area (Å²) in [5, 5.41) is 3.49. The molecule has 0 spiro atoms. The molecule has 1 unspecified atom stereocenters. The number of pyridine rings is 1. The summed E-state index contributed by atoms with van der Waals surface area (Å²) < 4.78 is 28.5. The number of aryl methyl sites for hydroxylation is 1. The van der Waals surface area contributed by atoms with Crippen molar-refractivity contribution in [3.63, 3.8) is 0 Å². The van der Waals surface area contributed by atoms with Crippen LogP contribution in [0.25, 0.3) is 11.1 Å². The fraction of sp³-hybridized carbons (Fsp3) is 0.500. The maximum Gasteiger partial charge on any atom is 0.253 e. The van der Waals surface area contributed by atoms with Crippen molar-refractivity contribution in [3.8, 4) is 22.6 Å². The Morgan fingerprint density at radius 1 is 0.976 bits per heavy atom. The first-order valence-corrected chi connectivity index (χ1v) is 15.0. The normalized spacial score (nSPS) is 14.9. The summed E-state index contributed by atoms with van der Waals surface area (Å²) in [7, 11) is 5.14. The SMILES string of the molecule is CCN(CCN(CC)Cc1c(F)ccc2c1CCNC2C)Cc1c(OC)cc(-c2cn(C)c(=O)c(C)c2C)cc1OC. The van der Waals surface area contributed by atoms with E-state index >= 15 is 4.39 Å². The van der Waals surface area contributed by atoms with Gasteiger partial charge in [-0.05, 0) is 87.3 Å². The van der Waals surface area contributed by atoms with Crippen LogP contribution in [0.5, 0.6) is 11.5 Å². The third kappa shape index (κ3) is 6.56. The predicted molar refractivity (Wildman–Crippen MR) is 168 cm³/mol. The molecule has 1 aromatic heterocycles. The zero-order valence-corrected chi connectivity index (χ0v) is 26.6. The van der Waals surface area contributed by atoms with Crippen LogP contribution in [0.4, 0.5) is 4.39 Å². The zero-order chi connectivity index (χ0) is 30.6. The van der Waals surface area contributed by atoms with E-state index in [9.17, 15) is 4.79 Å². The highest BCUT2D eigenvalue weighted by molar-refractivity contribution is 5.72. The van der Waals surface area contributed by atoms with Crippen LogP contribution in [0.1, 0.15) is 60.2 Å². The van der Waals surface area contributed by atoms with Gasteiger partial charge in [-0.1, -0.05) is 19.9 Å². The highest BCUT2D eigenvalue weighted by Gasteiger charge is 2.23. The Kier molecular flexibility index (Phi) is 10.5. The molecule has 42 heavy (non-hydrogen) atoms. The second-order valence-electron chi connectivity index (χ2n) is 11.3. The van der Waals surface area contributed by atoms with Gasteiger partial charge in [-0.3, -0.25) is 14.6 Å². The van der Waals surface area contributed by atoms with Crippen molar-refractivity contribution in [3.05, 3.63) is 80.0 Å². The molecule has 0 fully saturated rings. The monoisotopic (exact) mass is 578 g/mol. The van der Waals surface area contributed by atoms with Gasteiger partial charge in [0.15, 0.2) is 0 Å². The lowest BCUT2D eigenvalue weighted by Crippen LogP contribution is -2.36. The topological polar surface area (TPSA) is 59.0 Å². The number of halogens is 1. The summed E-state index contributed by atoms with van der Waals surface area (Å²) in [5.74, 6) is 1.40. The third-order valence-electron chi connectivity index (χ3n) is 8.94. The highest BCUT2D eigenvalue weighted by atomic mass is 19.1. The molecule has 1 N–H and O–H groups in total. The van der Waals surface area contributed by atoms with E-state index in [1.54, 1.807) is 31.9 Å². The molecule has 0 saturated heterocycles. The summed E-state index contributed by atoms with van der Waals surface area (Å²) in [6.45, 7) is 15.8. The highest BCUT2D eigenvalue weighted by Crippen LogP contribution is 2.37. The molecule has 0 bridgehead atoms. The Bertz CT molecular complexity index is 1440. The number of hydrogen-bond donors (Lipinski definition) is 1. The van der Waals surface area contributed by atoms with E-state index in [-0.39, 0.29) is 17.4 Å². The molecule has 7 nitrogen and oxygen atoms in total. The first-order chi connectivity index (χ1) is 20.1. The van der Waals surface area contributed by atoms with Gasteiger partial charge < -0.3 is 19.4 Å². The van der Waals surface area contributed by atoms with Crippen LogP contribution in [-0.4, -0.2) is 61.3 Å². The average Bonchev–Trinajstić information content (AvgIpc) is 3.00. The van der Waals surface area contributed by atoms with Crippen molar-refractivity contribution in [2.75, 3.05) is 46.9 Å². The number of likely N-dealkylation sites (N-methyl/N-ethyl adjacent to an activating group) is 2. The maximum absolute atomic E-state index is 15.1. The van der Waals surface area contributed by atoms with Crippen molar-refractivity contribution in [1.29, 1.82) is 0 Å². The maximum atomic E-state index is 15.1. The lowest BCUT2D eigenvalue weighted by atomic mass is 9.90. The molecule has 0 aliphatic carbocycles. The number of nitrogens with zero attached hydrogens (tertiary/aromatic N) is 3. The molecule has 8 heteroatoms. The van der Waals surface area contributed by atoms with Gasteiger partial charge in [0.25, 0.3) is 5.56 Å². The molecule has 1 aliphatic rings. The van der Waals surface area contributed by atoms with E-state index in [0.717, 1.165) is 84.0 Å². The van der Waals surface area contributed by atoms with Crippen LogP contribution in [0.2, 0.25) is 0 Å². The Balaban J connectivity index is 1.54. The standard InChI is InChI=1S/C34H47FN4O3/c1-9-38(20-29-27-13-14-36-24(5)26(27)11-12-31(29)35)15-16-39(10-2)21-30-32(41-7)17-25(18-33(30)42-8)28-19-37(6)34(40)23(4)22(28)3/h11-12,17-19,24,36H,9-10,13-16,20-21H2,1-8H3. The molecule has 3 aromatic rings. The van der Waals surface area contributed by atoms with Crippen molar-refractivity contribution < 1.29 is 13.9 Å². The first kappa shape index (κ1) is 31.7. The number of benzene rings is 2. The number of aromatic nitrogens is 1. The van der Waals surface area contributed by atoms with Gasteiger partial charge in [-0.2, -0.15) is 0 Å². The van der Waals surface area contributed by atoms with Gasteiger partial charge in [-0.25, -0.2) is 4.39 Å². The Morgan fingerprint density at radius 2 is 1.57 bits per heavy atom. The van der Waals surface area contributed by atoms with Crippen molar-refractivity contribution in [2.24, 2.45) is 7.05 Å². The molecule has 4 rings (SSSR count). The molecule has 0 radical (unpaired) electrons. The molecule has 0 saturated carbocycles. The fourth-order valence-corrected chi connectivity index (χ4v) is 6.07. The first-order valence-electron chi connectivity index (χ1n) is 15.0. The zero-order valence-electron chi connectivity index (χ0n) is 26.6. The van der Waals surface area contributed by atoms with Crippen LogP contribution in [0, 0.1) is 19.7 Å². The largest absolute Gasteiger partial charge is 0.496 e. The molecular weight excluding hydrogens is 531 g/mol. The van der Waals surface area contributed by atoms with Gasteiger partial charge >= 0.3 is 0 Å². The van der Waals surface area contributed by atoms with Gasteiger partial charge in [0.1, 0.15) is 17.3 Å². The molecule has 1 atom stereocenters. The molecule has 1 aliphatic heterocycles. The third-order valence-corrected chi connectivity index (χ3v) is 8.94. The number of methoxy groups -OCH3 is 2. The van der Waals surface area contributed by atoms with Crippen molar-refractivity contribution in [1.82, 2.24) is 19.7 Å². The molecule has 228 valence electrons. The summed E-state index contributed by atoms with van der Waals surface area (Å²) in [4.78, 5) is 17.1. The van der Waals surface area contributed by atoms with Crippen LogP contribution >= 0.6 is 0 Å². The van der Waals surface area contributed by atoms with Crippen molar-refractivity contribution >= 4 is 0 Å². The lowest BCUT2D eigenvalue weighted by molar-refractivity contribution is 0.200. The Morgan fingerprint density at radius 3 is 2.14 bits per heavy atom. The van der Waals surface area contributed by atoms with Crippen LogP contribution < -0.4 is 20.3 Å². The van der Waals surface area contributed by atoms with Crippen LogP contribution in [-0.2, 0) is 26.6 Å². The molecule has 2 heterocycles. The van der Waals surface area contributed by atoms with E-state index in [0.29, 0.717) is 13.1 Å². The number of ether oxygens (including phenoxy) is 2. The molecular formula is C34H47FN4O3. The van der Waals surface area contributed by atoms with Crippen molar-refractivity contribution in [2.45, 2.75) is 60.2 Å². The van der Waals surface area contributed by atoms with E-state index in [1.807, 2.05) is 38.2 Å². The van der Waals surface area contributed by atoms with Gasteiger partial charge in [-0.15, -0.1) is 0 Å². The summed E-state index contributed by atoms with van der Waals surface area (Å²) >= 11 is 0. The predicted octanol–water partition coefficient (Wildman–Crippen LogP) is 5.38. The lowest BCUT2D eigenvalue weighted by Gasteiger charge is -2.30. The second-order valence-corrected chi connectivity index (χ2v) is 11.3. The number of nitrogens with one attached hydrogen (secondary N) is 1. The summed E-state index contributed by atoms with van der Waals surface area (Å²) in [6.07, 6.45) is 2.74.